The van der Waals surface area contributed by atoms with Crippen LogP contribution in [0.2, 0.25) is 0 Å². The molecule has 2 atom stereocenters. The lowest BCUT2D eigenvalue weighted by molar-refractivity contribution is -0.140. The van der Waals surface area contributed by atoms with E-state index >= 15 is 0 Å². The Morgan fingerprint density at radius 3 is 2.58 bits per heavy atom. The summed E-state index contributed by atoms with van der Waals surface area (Å²) in [6, 6.07) is 0.346. The number of carboxylic acid groups (broad SMARTS) is 1. The first-order valence-electron chi connectivity index (χ1n) is 5.73. The number of carbonyl (C=O) groups is 1. The second-order valence-corrected chi connectivity index (χ2v) is 7.92. The predicted octanol–water partition coefficient (Wildman–Crippen LogP) is 0.573. The van der Waals surface area contributed by atoms with E-state index in [1.54, 1.807) is 19.9 Å². The normalized spacial score (nSPS) is 24.8. The number of nitrogens with zero attached hydrogens (tertiary/aromatic N) is 1. The molecule has 1 aromatic heterocycles. The highest BCUT2D eigenvalue weighted by molar-refractivity contribution is 7.89. The Balaban J connectivity index is 2.44. The van der Waals surface area contributed by atoms with Crippen LogP contribution >= 0.6 is 11.3 Å². The van der Waals surface area contributed by atoms with Gasteiger partial charge in [0.05, 0.1) is 11.0 Å². The summed E-state index contributed by atoms with van der Waals surface area (Å²) in [5.41, 5.74) is 0. The fourth-order valence-electron chi connectivity index (χ4n) is 2.26. The molecule has 1 aromatic rings. The van der Waals surface area contributed by atoms with Crippen molar-refractivity contribution in [3.63, 3.8) is 0 Å². The third-order valence-electron chi connectivity index (χ3n) is 3.10. The van der Waals surface area contributed by atoms with Gasteiger partial charge in [-0.3, -0.25) is 4.79 Å². The molecule has 2 N–H and O–H groups in total. The van der Waals surface area contributed by atoms with Gasteiger partial charge in [0, 0.05) is 22.7 Å². The zero-order valence-electron chi connectivity index (χ0n) is 10.5. The third-order valence-corrected chi connectivity index (χ3v) is 6.20. The van der Waals surface area contributed by atoms with Crippen molar-refractivity contribution in [2.45, 2.75) is 37.3 Å². The van der Waals surface area contributed by atoms with Gasteiger partial charge in [-0.15, -0.1) is 11.3 Å². The SMILES string of the molecule is Cc1cc(S(=O)(=O)N2C[C@@H](O)C[C@H]2C(=O)O)c(C)s1. The fourth-order valence-corrected chi connectivity index (χ4v) is 5.42. The maximum Gasteiger partial charge on any atom is 0.322 e. The van der Waals surface area contributed by atoms with Gasteiger partial charge in [-0.2, -0.15) is 4.31 Å². The third kappa shape index (κ3) is 2.53. The molecule has 0 bridgehead atoms. The van der Waals surface area contributed by atoms with E-state index in [0.29, 0.717) is 4.88 Å². The number of hydrogen-bond donors (Lipinski definition) is 2. The predicted molar refractivity (Wildman–Crippen MR) is 69.7 cm³/mol. The van der Waals surface area contributed by atoms with Crippen molar-refractivity contribution in [3.8, 4) is 0 Å². The van der Waals surface area contributed by atoms with Crippen LogP contribution in [0.4, 0.5) is 0 Å². The summed E-state index contributed by atoms with van der Waals surface area (Å²) in [7, 11) is -3.87. The number of carboxylic acids is 1. The molecule has 106 valence electrons. The Bertz CT molecular complexity index is 607. The van der Waals surface area contributed by atoms with E-state index in [0.717, 1.165) is 9.18 Å². The Labute approximate surface area is 115 Å². The number of β-amino-alcohol motifs (C(OH)–C–C–N with tert-alkyl or cyclic N) is 1. The Morgan fingerprint density at radius 1 is 1.47 bits per heavy atom. The van der Waals surface area contributed by atoms with Crippen molar-refractivity contribution in [2.75, 3.05) is 6.54 Å². The minimum atomic E-state index is -3.87. The fraction of sp³-hybridized carbons (Fsp3) is 0.545. The summed E-state index contributed by atoms with van der Waals surface area (Å²) in [5.74, 6) is -1.23. The average molecular weight is 305 g/mol. The van der Waals surface area contributed by atoms with E-state index in [1.807, 2.05) is 0 Å². The number of aliphatic hydroxyl groups is 1. The summed E-state index contributed by atoms with van der Waals surface area (Å²) in [4.78, 5) is 12.7. The molecule has 1 fully saturated rings. The van der Waals surface area contributed by atoms with Crippen molar-refractivity contribution in [3.05, 3.63) is 15.8 Å². The molecule has 8 heteroatoms. The standard InChI is InChI=1S/C11H15NO5S2/c1-6-3-10(7(2)18-6)19(16,17)12-5-8(13)4-9(12)11(14)15/h3,8-9,13H,4-5H2,1-2H3,(H,14,15)/t8-,9-/m0/s1. The van der Waals surface area contributed by atoms with Crippen LogP contribution in [-0.2, 0) is 14.8 Å². The highest BCUT2D eigenvalue weighted by Crippen LogP contribution is 2.32. The van der Waals surface area contributed by atoms with E-state index in [9.17, 15) is 18.3 Å². The molecule has 0 amide bonds. The Kier molecular flexibility index (Phi) is 3.69. The highest BCUT2D eigenvalue weighted by Gasteiger charge is 2.44. The summed E-state index contributed by atoms with van der Waals surface area (Å²) >= 11 is 1.35. The molecule has 2 rings (SSSR count). The summed E-state index contributed by atoms with van der Waals surface area (Å²) in [5, 5.41) is 18.6. The van der Waals surface area contributed by atoms with Gasteiger partial charge in [-0.05, 0) is 19.9 Å². The summed E-state index contributed by atoms with van der Waals surface area (Å²) < 4.78 is 25.9. The second kappa shape index (κ2) is 4.86. The van der Waals surface area contributed by atoms with Crippen molar-refractivity contribution >= 4 is 27.3 Å². The van der Waals surface area contributed by atoms with Gasteiger partial charge in [0.1, 0.15) is 6.04 Å². The summed E-state index contributed by atoms with van der Waals surface area (Å²) in [6.07, 6.45) is -1.01. The molecular formula is C11H15NO5S2. The van der Waals surface area contributed by atoms with E-state index in [-0.39, 0.29) is 17.9 Å². The van der Waals surface area contributed by atoms with Gasteiger partial charge < -0.3 is 10.2 Å². The maximum atomic E-state index is 12.5. The monoisotopic (exact) mass is 305 g/mol. The smallest absolute Gasteiger partial charge is 0.322 e. The molecule has 0 spiro atoms. The summed E-state index contributed by atoms with van der Waals surface area (Å²) in [6.45, 7) is 3.31. The minimum absolute atomic E-state index is 0.0727. The lowest BCUT2D eigenvalue weighted by atomic mass is 10.2. The van der Waals surface area contributed by atoms with Crippen LogP contribution in [0.1, 0.15) is 16.2 Å². The zero-order chi connectivity index (χ0) is 14.4. The molecule has 0 aliphatic carbocycles. The van der Waals surface area contributed by atoms with E-state index < -0.39 is 28.1 Å². The molecule has 1 aliphatic rings. The maximum absolute atomic E-state index is 12.5. The lowest BCUT2D eigenvalue weighted by Gasteiger charge is -2.20. The van der Waals surface area contributed by atoms with Gasteiger partial charge in [0.15, 0.2) is 0 Å². The van der Waals surface area contributed by atoms with Gasteiger partial charge in [0.2, 0.25) is 10.0 Å². The van der Waals surface area contributed by atoms with Crippen LogP contribution in [0.5, 0.6) is 0 Å². The van der Waals surface area contributed by atoms with Crippen LogP contribution in [-0.4, -0.2) is 47.6 Å². The number of hydrogen-bond acceptors (Lipinski definition) is 5. The first-order chi connectivity index (χ1) is 8.73. The molecular weight excluding hydrogens is 290 g/mol. The van der Waals surface area contributed by atoms with Crippen LogP contribution in [0.15, 0.2) is 11.0 Å². The van der Waals surface area contributed by atoms with Gasteiger partial charge in [0.25, 0.3) is 0 Å². The number of thiophene rings is 1. The average Bonchev–Trinajstić information content (AvgIpc) is 2.82. The quantitative estimate of drug-likeness (QED) is 0.851. The molecule has 19 heavy (non-hydrogen) atoms. The molecule has 0 unspecified atom stereocenters. The van der Waals surface area contributed by atoms with Crippen molar-refractivity contribution in [1.82, 2.24) is 4.31 Å². The van der Waals surface area contributed by atoms with Crippen LogP contribution in [0.3, 0.4) is 0 Å². The topological polar surface area (TPSA) is 94.9 Å². The molecule has 0 radical (unpaired) electrons. The van der Waals surface area contributed by atoms with Crippen LogP contribution in [0.25, 0.3) is 0 Å². The van der Waals surface area contributed by atoms with Crippen molar-refractivity contribution < 1.29 is 23.4 Å². The molecule has 0 saturated carbocycles. The molecule has 1 aliphatic heterocycles. The molecule has 2 heterocycles. The Morgan fingerprint density at radius 2 is 2.11 bits per heavy atom. The van der Waals surface area contributed by atoms with E-state index in [2.05, 4.69) is 0 Å². The van der Waals surface area contributed by atoms with Gasteiger partial charge in [-0.1, -0.05) is 0 Å². The number of aliphatic carboxylic acids is 1. The van der Waals surface area contributed by atoms with Crippen LogP contribution in [0, 0.1) is 13.8 Å². The van der Waals surface area contributed by atoms with Gasteiger partial charge >= 0.3 is 5.97 Å². The largest absolute Gasteiger partial charge is 0.480 e. The van der Waals surface area contributed by atoms with E-state index in [4.69, 9.17) is 5.11 Å². The van der Waals surface area contributed by atoms with Crippen LogP contribution < -0.4 is 0 Å². The van der Waals surface area contributed by atoms with Gasteiger partial charge in [-0.25, -0.2) is 8.42 Å². The minimum Gasteiger partial charge on any atom is -0.480 e. The lowest BCUT2D eigenvalue weighted by Crippen LogP contribution is -2.40. The highest BCUT2D eigenvalue weighted by atomic mass is 32.2. The zero-order valence-corrected chi connectivity index (χ0v) is 12.2. The van der Waals surface area contributed by atoms with Crippen molar-refractivity contribution in [1.29, 1.82) is 0 Å². The van der Waals surface area contributed by atoms with E-state index in [1.165, 1.54) is 11.3 Å². The Hall–Kier alpha value is -0.960. The van der Waals surface area contributed by atoms with Crippen molar-refractivity contribution in [2.24, 2.45) is 0 Å². The number of rotatable bonds is 3. The number of aliphatic hydroxyl groups excluding tert-OH is 1. The first-order valence-corrected chi connectivity index (χ1v) is 7.99. The first kappa shape index (κ1) is 14.4. The molecule has 6 nitrogen and oxygen atoms in total. The number of sulfonamides is 1. The molecule has 0 aromatic carbocycles. The second-order valence-electron chi connectivity index (χ2n) is 4.60. The molecule has 1 saturated heterocycles. The number of aryl methyl sites for hydroxylation is 2.